The van der Waals surface area contributed by atoms with Gasteiger partial charge in [-0.15, -0.1) is 0 Å². The molecule has 4 N–H and O–H groups in total. The topological polar surface area (TPSA) is 118 Å². The Hall–Kier alpha value is -2.14. The minimum Gasteiger partial charge on any atom is -0.333 e. The molecule has 0 saturated heterocycles. The van der Waals surface area contributed by atoms with Gasteiger partial charge in [0.25, 0.3) is 0 Å². The number of aromatic amines is 1. The molecule has 7 nitrogen and oxygen atoms in total. The molecular weight excluding hydrogens is 464 g/mol. The molecule has 0 aliphatic heterocycles. The van der Waals surface area contributed by atoms with Crippen LogP contribution in [-0.2, 0) is 14.8 Å². The normalized spacial score (nSPS) is 11.4. The zero-order valence-electron chi connectivity index (χ0n) is 14.8. The smallest absolute Gasteiger partial charge is 0.238 e. The van der Waals surface area contributed by atoms with Crippen LogP contribution in [0, 0.1) is 6.92 Å². The molecule has 0 unspecified atom stereocenters. The van der Waals surface area contributed by atoms with E-state index >= 15 is 0 Å². The molecule has 146 valence electrons. The molecule has 28 heavy (non-hydrogen) atoms. The van der Waals surface area contributed by atoms with Gasteiger partial charge in [0.15, 0.2) is 5.16 Å². The van der Waals surface area contributed by atoms with E-state index in [-0.39, 0.29) is 16.6 Å². The van der Waals surface area contributed by atoms with Crippen molar-refractivity contribution in [1.82, 2.24) is 9.97 Å². The predicted molar refractivity (Wildman–Crippen MR) is 114 cm³/mol. The van der Waals surface area contributed by atoms with Gasteiger partial charge in [0.05, 0.1) is 22.5 Å². The van der Waals surface area contributed by atoms with Crippen molar-refractivity contribution in [3.63, 3.8) is 0 Å². The van der Waals surface area contributed by atoms with E-state index in [0.717, 1.165) is 15.7 Å². The lowest BCUT2D eigenvalue weighted by Crippen LogP contribution is -2.17. The van der Waals surface area contributed by atoms with Crippen molar-refractivity contribution < 1.29 is 13.2 Å². The molecule has 3 aromatic rings. The molecule has 0 bridgehead atoms. The van der Waals surface area contributed by atoms with Crippen LogP contribution in [-0.4, -0.2) is 30.0 Å². The number of primary sulfonamides is 1. The number of H-pyrrole nitrogens is 1. The lowest BCUT2D eigenvalue weighted by molar-refractivity contribution is -0.113. The number of aryl methyl sites for hydroxylation is 1. The van der Waals surface area contributed by atoms with Crippen molar-refractivity contribution in [2.75, 3.05) is 11.1 Å². The standard InChI is InChI=1S/C18H17BrN4O3S2/c1-11-2-7-14(8-16(11)28(20,25)26)22-17(24)10-27-18-21-9-15(23-18)12-3-5-13(19)6-4-12/h2-9H,10H2,1H3,(H,21,23)(H,22,24)(H2,20,25,26). The molecule has 3 rings (SSSR count). The average Bonchev–Trinajstić information content (AvgIpc) is 3.10. The van der Waals surface area contributed by atoms with Crippen molar-refractivity contribution in [2.24, 2.45) is 5.14 Å². The third-order valence-corrected chi connectivity index (χ3v) is 6.30. The lowest BCUT2D eigenvalue weighted by atomic mass is 10.2. The molecule has 0 atom stereocenters. The quantitative estimate of drug-likeness (QED) is 0.466. The van der Waals surface area contributed by atoms with Crippen molar-refractivity contribution in [1.29, 1.82) is 0 Å². The van der Waals surface area contributed by atoms with Gasteiger partial charge in [-0.25, -0.2) is 18.5 Å². The Bertz CT molecular complexity index is 1110. The summed E-state index contributed by atoms with van der Waals surface area (Å²) >= 11 is 4.64. The van der Waals surface area contributed by atoms with Crippen LogP contribution in [0.5, 0.6) is 0 Å². The van der Waals surface area contributed by atoms with Crippen molar-refractivity contribution in [3.05, 3.63) is 58.7 Å². The van der Waals surface area contributed by atoms with Crippen LogP contribution in [0.1, 0.15) is 5.56 Å². The van der Waals surface area contributed by atoms with Crippen LogP contribution in [0.4, 0.5) is 5.69 Å². The highest BCUT2D eigenvalue weighted by Crippen LogP contribution is 2.24. The number of hydrogen-bond acceptors (Lipinski definition) is 5. The maximum atomic E-state index is 12.2. The number of carbonyl (C=O) groups is 1. The fourth-order valence-electron chi connectivity index (χ4n) is 2.47. The molecular formula is C18H17BrN4O3S2. The number of nitrogens with one attached hydrogen (secondary N) is 2. The molecule has 10 heteroatoms. The van der Waals surface area contributed by atoms with Gasteiger partial charge in [-0.05, 0) is 42.3 Å². The first-order chi connectivity index (χ1) is 13.2. The van der Waals surface area contributed by atoms with Crippen LogP contribution in [0.25, 0.3) is 11.3 Å². The number of halogens is 1. The lowest BCUT2D eigenvalue weighted by Gasteiger charge is -2.08. The minimum absolute atomic E-state index is 0.0110. The summed E-state index contributed by atoms with van der Waals surface area (Å²) in [5.74, 6) is -0.165. The van der Waals surface area contributed by atoms with Gasteiger partial charge in [0, 0.05) is 10.2 Å². The molecule has 0 aliphatic rings. The van der Waals surface area contributed by atoms with Gasteiger partial charge in [-0.3, -0.25) is 4.79 Å². The summed E-state index contributed by atoms with van der Waals surface area (Å²) in [6.07, 6.45) is 1.71. The van der Waals surface area contributed by atoms with E-state index in [4.69, 9.17) is 5.14 Å². The average molecular weight is 481 g/mol. The molecule has 0 aliphatic carbocycles. The Morgan fingerprint density at radius 1 is 1.25 bits per heavy atom. The van der Waals surface area contributed by atoms with E-state index in [9.17, 15) is 13.2 Å². The van der Waals surface area contributed by atoms with Crippen molar-refractivity contribution >= 4 is 49.3 Å². The summed E-state index contributed by atoms with van der Waals surface area (Å²) in [6.45, 7) is 1.64. The number of aromatic nitrogens is 2. The Morgan fingerprint density at radius 2 is 1.96 bits per heavy atom. The molecule has 0 fully saturated rings. The summed E-state index contributed by atoms with van der Waals surface area (Å²) in [5.41, 5.74) is 2.73. The highest BCUT2D eigenvalue weighted by molar-refractivity contribution is 9.10. The number of imidazole rings is 1. The SMILES string of the molecule is Cc1ccc(NC(=O)CSc2ncc(-c3ccc(Br)cc3)[nH]2)cc1S(N)(=O)=O. The number of anilines is 1. The molecule has 1 heterocycles. The maximum absolute atomic E-state index is 12.2. The molecule has 2 aromatic carbocycles. The Labute approximate surface area is 175 Å². The van der Waals surface area contributed by atoms with Crippen LogP contribution in [0.15, 0.2) is 63.2 Å². The minimum atomic E-state index is -3.85. The zero-order chi connectivity index (χ0) is 20.3. The predicted octanol–water partition coefficient (Wildman–Crippen LogP) is 3.53. The molecule has 1 amide bonds. The first kappa shape index (κ1) is 20.6. The van der Waals surface area contributed by atoms with E-state index in [2.05, 4.69) is 31.2 Å². The van der Waals surface area contributed by atoms with Gasteiger partial charge in [-0.1, -0.05) is 45.9 Å². The largest absolute Gasteiger partial charge is 0.333 e. The summed E-state index contributed by atoms with van der Waals surface area (Å²) < 4.78 is 24.2. The number of thioether (sulfide) groups is 1. The maximum Gasteiger partial charge on any atom is 0.238 e. The number of sulfonamides is 1. The van der Waals surface area contributed by atoms with Crippen LogP contribution in [0.2, 0.25) is 0 Å². The van der Waals surface area contributed by atoms with E-state index < -0.39 is 10.0 Å². The van der Waals surface area contributed by atoms with E-state index in [1.807, 2.05) is 24.3 Å². The number of amides is 1. The highest BCUT2D eigenvalue weighted by Gasteiger charge is 2.13. The second kappa shape index (κ2) is 8.48. The molecule has 0 saturated carbocycles. The third-order valence-electron chi connectivity index (χ3n) is 3.83. The van der Waals surface area contributed by atoms with Crippen LogP contribution >= 0.6 is 27.7 Å². The van der Waals surface area contributed by atoms with E-state index in [1.165, 1.54) is 17.8 Å². The second-order valence-electron chi connectivity index (χ2n) is 5.97. The summed E-state index contributed by atoms with van der Waals surface area (Å²) in [6, 6.07) is 12.4. The fraction of sp³-hybridized carbons (Fsp3) is 0.111. The van der Waals surface area contributed by atoms with E-state index in [1.54, 1.807) is 25.3 Å². The monoisotopic (exact) mass is 480 g/mol. The Balaban J connectivity index is 1.62. The van der Waals surface area contributed by atoms with E-state index in [0.29, 0.717) is 16.4 Å². The Kier molecular flexibility index (Phi) is 6.23. The zero-order valence-corrected chi connectivity index (χ0v) is 18.0. The number of hydrogen-bond donors (Lipinski definition) is 3. The summed E-state index contributed by atoms with van der Waals surface area (Å²) in [7, 11) is -3.85. The molecule has 0 spiro atoms. The second-order valence-corrected chi connectivity index (χ2v) is 9.38. The first-order valence-electron chi connectivity index (χ1n) is 8.09. The van der Waals surface area contributed by atoms with Crippen molar-refractivity contribution in [3.8, 4) is 11.3 Å². The number of nitrogens with zero attached hydrogens (tertiary/aromatic N) is 1. The van der Waals surface area contributed by atoms with Gasteiger partial charge in [0.2, 0.25) is 15.9 Å². The highest BCUT2D eigenvalue weighted by atomic mass is 79.9. The third kappa shape index (κ3) is 5.22. The number of rotatable bonds is 6. The van der Waals surface area contributed by atoms with Gasteiger partial charge in [0.1, 0.15) is 0 Å². The van der Waals surface area contributed by atoms with Gasteiger partial charge in [-0.2, -0.15) is 0 Å². The summed E-state index contributed by atoms with van der Waals surface area (Å²) in [5, 5.41) is 8.47. The summed E-state index contributed by atoms with van der Waals surface area (Å²) in [4.78, 5) is 19.6. The molecule has 0 radical (unpaired) electrons. The number of benzene rings is 2. The van der Waals surface area contributed by atoms with Crippen LogP contribution in [0.3, 0.4) is 0 Å². The van der Waals surface area contributed by atoms with Gasteiger partial charge < -0.3 is 10.3 Å². The fourth-order valence-corrected chi connectivity index (χ4v) is 4.19. The Morgan fingerprint density at radius 3 is 2.64 bits per heavy atom. The van der Waals surface area contributed by atoms with Gasteiger partial charge >= 0.3 is 0 Å². The van der Waals surface area contributed by atoms with Crippen molar-refractivity contribution in [2.45, 2.75) is 17.0 Å². The van der Waals surface area contributed by atoms with Crippen LogP contribution < -0.4 is 10.5 Å². The molecule has 1 aromatic heterocycles. The number of nitrogens with two attached hydrogens (primary N) is 1. The first-order valence-corrected chi connectivity index (χ1v) is 11.4. The number of carbonyl (C=O) groups excluding carboxylic acids is 1.